The summed E-state index contributed by atoms with van der Waals surface area (Å²) in [4.78, 5) is 22.5. The summed E-state index contributed by atoms with van der Waals surface area (Å²) in [5.74, 6) is 1.18. The first-order valence-electron chi connectivity index (χ1n) is 11.2. The largest absolute Gasteiger partial charge is 0.355 e. The van der Waals surface area contributed by atoms with Gasteiger partial charge in [0.25, 0.3) is 0 Å². The summed E-state index contributed by atoms with van der Waals surface area (Å²) < 4.78 is 1.86. The SMILES string of the molecule is Cc1cn2nc(C3CCCCN3C(=O)C3CNNC3C)cc2nc1N1CCC(N)C1. The zero-order valence-corrected chi connectivity index (χ0v) is 17.8. The van der Waals surface area contributed by atoms with Gasteiger partial charge in [0.2, 0.25) is 5.91 Å². The molecule has 0 bridgehead atoms. The number of piperidine rings is 1. The van der Waals surface area contributed by atoms with E-state index in [0.717, 1.165) is 68.0 Å². The van der Waals surface area contributed by atoms with Crippen molar-refractivity contribution in [1.82, 2.24) is 30.3 Å². The highest BCUT2D eigenvalue weighted by Gasteiger charge is 2.38. The number of hydrazine groups is 1. The predicted molar refractivity (Wildman–Crippen MR) is 115 cm³/mol. The van der Waals surface area contributed by atoms with E-state index in [0.29, 0.717) is 6.54 Å². The number of anilines is 1. The van der Waals surface area contributed by atoms with Crippen LogP contribution >= 0.6 is 0 Å². The molecular formula is C21H32N8O. The van der Waals surface area contributed by atoms with Gasteiger partial charge in [0.15, 0.2) is 5.65 Å². The van der Waals surface area contributed by atoms with Crippen molar-refractivity contribution in [2.75, 3.05) is 31.1 Å². The van der Waals surface area contributed by atoms with Crippen LogP contribution in [0.3, 0.4) is 0 Å². The molecule has 0 aliphatic carbocycles. The summed E-state index contributed by atoms with van der Waals surface area (Å²) >= 11 is 0. The molecule has 0 radical (unpaired) electrons. The number of nitrogens with two attached hydrogens (primary N) is 1. The van der Waals surface area contributed by atoms with Gasteiger partial charge in [-0.15, -0.1) is 0 Å². The van der Waals surface area contributed by atoms with Crippen LogP contribution in [0.5, 0.6) is 0 Å². The molecule has 5 rings (SSSR count). The van der Waals surface area contributed by atoms with Gasteiger partial charge in [-0.05, 0) is 39.5 Å². The molecule has 2 aromatic heterocycles. The second-order valence-corrected chi connectivity index (χ2v) is 9.08. The Bertz CT molecular complexity index is 942. The Hall–Kier alpha value is -2.23. The van der Waals surface area contributed by atoms with E-state index < -0.39 is 0 Å². The molecular weight excluding hydrogens is 380 g/mol. The van der Waals surface area contributed by atoms with E-state index in [9.17, 15) is 4.79 Å². The molecule has 3 aliphatic heterocycles. The number of nitrogens with one attached hydrogen (secondary N) is 2. The molecule has 5 heterocycles. The van der Waals surface area contributed by atoms with Crippen LogP contribution in [0.25, 0.3) is 5.65 Å². The Morgan fingerprint density at radius 2 is 2.13 bits per heavy atom. The van der Waals surface area contributed by atoms with Crippen LogP contribution in [0.2, 0.25) is 0 Å². The molecule has 0 spiro atoms. The predicted octanol–water partition coefficient (Wildman–Crippen LogP) is 0.741. The summed E-state index contributed by atoms with van der Waals surface area (Å²) in [5, 5.41) is 4.84. The van der Waals surface area contributed by atoms with Crippen LogP contribution in [0, 0.1) is 12.8 Å². The summed E-state index contributed by atoms with van der Waals surface area (Å²) in [6.45, 7) is 7.40. The molecule has 0 aromatic carbocycles. The van der Waals surface area contributed by atoms with Crippen LogP contribution in [-0.2, 0) is 4.79 Å². The van der Waals surface area contributed by atoms with Gasteiger partial charge >= 0.3 is 0 Å². The Balaban J connectivity index is 1.44. The first-order valence-corrected chi connectivity index (χ1v) is 11.2. The minimum absolute atomic E-state index is 0.0183. The number of likely N-dealkylation sites (tertiary alicyclic amines) is 1. The number of hydrogen-bond donors (Lipinski definition) is 3. The molecule has 162 valence electrons. The molecule has 3 aliphatic rings. The van der Waals surface area contributed by atoms with Gasteiger partial charge in [-0.2, -0.15) is 5.10 Å². The third kappa shape index (κ3) is 3.44. The number of carbonyl (C=O) groups is 1. The number of aromatic nitrogens is 3. The number of rotatable bonds is 3. The summed E-state index contributed by atoms with van der Waals surface area (Å²) in [6, 6.07) is 2.43. The second kappa shape index (κ2) is 7.79. The maximum absolute atomic E-state index is 13.3. The highest BCUT2D eigenvalue weighted by atomic mass is 16.2. The van der Waals surface area contributed by atoms with Crippen molar-refractivity contribution in [1.29, 1.82) is 0 Å². The molecule has 9 heteroatoms. The lowest BCUT2D eigenvalue weighted by Gasteiger charge is -2.36. The molecule has 4 N–H and O–H groups in total. The molecule has 30 heavy (non-hydrogen) atoms. The van der Waals surface area contributed by atoms with Crippen LogP contribution in [0.15, 0.2) is 12.3 Å². The summed E-state index contributed by atoms with van der Waals surface area (Å²) in [6.07, 6.45) is 6.16. The Kier molecular flexibility index (Phi) is 5.12. The fourth-order valence-corrected chi connectivity index (χ4v) is 5.11. The zero-order valence-electron chi connectivity index (χ0n) is 17.8. The first-order chi connectivity index (χ1) is 14.5. The Morgan fingerprint density at radius 3 is 2.87 bits per heavy atom. The third-order valence-corrected chi connectivity index (χ3v) is 6.85. The minimum Gasteiger partial charge on any atom is -0.355 e. The van der Waals surface area contributed by atoms with E-state index in [1.54, 1.807) is 0 Å². The fourth-order valence-electron chi connectivity index (χ4n) is 5.11. The Morgan fingerprint density at radius 1 is 1.27 bits per heavy atom. The van der Waals surface area contributed by atoms with E-state index in [2.05, 4.69) is 35.7 Å². The Labute approximate surface area is 177 Å². The lowest BCUT2D eigenvalue weighted by molar-refractivity contribution is -0.139. The maximum Gasteiger partial charge on any atom is 0.229 e. The average molecular weight is 413 g/mol. The number of amides is 1. The highest BCUT2D eigenvalue weighted by molar-refractivity contribution is 5.80. The van der Waals surface area contributed by atoms with Crippen molar-refractivity contribution < 1.29 is 4.79 Å². The average Bonchev–Trinajstić information content (AvgIpc) is 3.46. The van der Waals surface area contributed by atoms with E-state index in [-0.39, 0.29) is 30.0 Å². The fraction of sp³-hybridized carbons (Fsp3) is 0.667. The first kappa shape index (κ1) is 19.7. The van der Waals surface area contributed by atoms with Gasteiger partial charge in [-0.25, -0.2) is 9.50 Å². The van der Waals surface area contributed by atoms with Gasteiger partial charge < -0.3 is 15.5 Å². The minimum atomic E-state index is -0.0334. The van der Waals surface area contributed by atoms with Crippen LogP contribution in [0.1, 0.15) is 49.9 Å². The van der Waals surface area contributed by atoms with Gasteiger partial charge in [-0.1, -0.05) is 0 Å². The summed E-state index contributed by atoms with van der Waals surface area (Å²) in [5.41, 5.74) is 15.3. The third-order valence-electron chi connectivity index (χ3n) is 6.85. The number of carbonyl (C=O) groups excluding carboxylic acids is 1. The molecule has 3 saturated heterocycles. The van der Waals surface area contributed by atoms with E-state index in [1.807, 2.05) is 15.6 Å². The van der Waals surface area contributed by atoms with Crippen molar-refractivity contribution in [3.05, 3.63) is 23.5 Å². The van der Waals surface area contributed by atoms with Gasteiger partial charge in [-0.3, -0.25) is 15.6 Å². The van der Waals surface area contributed by atoms with Crippen molar-refractivity contribution in [2.24, 2.45) is 11.7 Å². The van der Waals surface area contributed by atoms with E-state index >= 15 is 0 Å². The van der Waals surface area contributed by atoms with Crippen LogP contribution in [-0.4, -0.2) is 63.7 Å². The monoisotopic (exact) mass is 412 g/mol. The number of fused-ring (bicyclic) bond motifs is 1. The molecule has 3 fully saturated rings. The number of nitrogens with zero attached hydrogens (tertiary/aromatic N) is 5. The number of aryl methyl sites for hydroxylation is 1. The van der Waals surface area contributed by atoms with E-state index in [4.69, 9.17) is 15.8 Å². The lowest BCUT2D eigenvalue weighted by atomic mass is 9.95. The van der Waals surface area contributed by atoms with E-state index in [1.165, 1.54) is 0 Å². The molecule has 4 atom stereocenters. The van der Waals surface area contributed by atoms with Crippen molar-refractivity contribution in [2.45, 2.75) is 57.7 Å². The topological polar surface area (TPSA) is 104 Å². The smallest absolute Gasteiger partial charge is 0.229 e. The zero-order chi connectivity index (χ0) is 20.8. The van der Waals surface area contributed by atoms with Crippen molar-refractivity contribution >= 4 is 17.4 Å². The van der Waals surface area contributed by atoms with Crippen molar-refractivity contribution in [3.63, 3.8) is 0 Å². The molecule has 1 amide bonds. The quantitative estimate of drug-likeness (QED) is 0.683. The van der Waals surface area contributed by atoms with Gasteiger partial charge in [0.05, 0.1) is 17.7 Å². The van der Waals surface area contributed by atoms with Gasteiger partial charge in [0.1, 0.15) is 5.82 Å². The standard InChI is InChI=1S/C21H32N8O/c1-13-11-29-19(24-20(13)27-8-6-15(22)12-27)9-17(26-29)18-5-3-4-7-28(18)21(30)16-10-23-25-14(16)2/h9,11,14-16,18,23,25H,3-8,10,12,22H2,1-2H3. The normalized spacial score (nSPS) is 29.8. The lowest BCUT2D eigenvalue weighted by Crippen LogP contribution is -2.45. The second-order valence-electron chi connectivity index (χ2n) is 9.08. The summed E-state index contributed by atoms with van der Waals surface area (Å²) in [7, 11) is 0. The molecule has 9 nitrogen and oxygen atoms in total. The van der Waals surface area contributed by atoms with Crippen LogP contribution in [0.4, 0.5) is 5.82 Å². The van der Waals surface area contributed by atoms with Gasteiger partial charge in [0, 0.05) is 56.1 Å². The van der Waals surface area contributed by atoms with Crippen LogP contribution < -0.4 is 21.5 Å². The van der Waals surface area contributed by atoms with Crippen molar-refractivity contribution in [3.8, 4) is 0 Å². The molecule has 0 saturated carbocycles. The maximum atomic E-state index is 13.3. The number of hydrogen-bond acceptors (Lipinski definition) is 7. The molecule has 2 aromatic rings. The molecule has 4 unspecified atom stereocenters. The highest BCUT2D eigenvalue weighted by Crippen LogP contribution is 2.33.